The van der Waals surface area contributed by atoms with Crippen LogP contribution in [0, 0.1) is 13.8 Å². The van der Waals surface area contributed by atoms with Gasteiger partial charge in [-0.25, -0.2) is 0 Å². The number of unbranched alkanes of at least 4 members (excludes halogenated alkanes) is 2. The minimum absolute atomic E-state index is 0.0323. The number of hydrogen-bond donors (Lipinski definition) is 0. The quantitative estimate of drug-likeness (QED) is 0.0872. The highest BCUT2D eigenvalue weighted by Crippen LogP contribution is 2.51. The molecule has 0 amide bonds. The van der Waals surface area contributed by atoms with E-state index in [0.717, 1.165) is 18.7 Å². The second-order valence-electron chi connectivity index (χ2n) is 14.5. The molecule has 0 spiro atoms. The molecule has 5 aromatic rings. The van der Waals surface area contributed by atoms with Crippen molar-refractivity contribution < 1.29 is 4.74 Å². The lowest BCUT2D eigenvalue weighted by Crippen LogP contribution is -2.27. The molecule has 0 N–H and O–H groups in total. The summed E-state index contributed by atoms with van der Waals surface area (Å²) in [5.74, 6) is 1.06. The summed E-state index contributed by atoms with van der Waals surface area (Å²) >= 11 is 0. The molecule has 0 saturated carbocycles. The fraction of sp³-hybridized carbons (Fsp3) is 0.333. The van der Waals surface area contributed by atoms with Gasteiger partial charge in [-0.2, -0.15) is 0 Å². The zero-order valence-corrected chi connectivity index (χ0v) is 31.1. The average Bonchev–Trinajstić information content (AvgIpc) is 3.08. The molecule has 0 aliphatic carbocycles. The van der Waals surface area contributed by atoms with Crippen LogP contribution in [-0.4, -0.2) is 0 Å². The van der Waals surface area contributed by atoms with Gasteiger partial charge in [-0.15, -0.1) is 0 Å². The SMILES string of the molecule is CCCCCC(C)(Pc1c(C)cccc1CN(c1ccccc1)c1ccccc1)c1cc(C(C)(C)C)cc(C)c1OCc1ccccc1. The van der Waals surface area contributed by atoms with Crippen molar-refractivity contribution >= 4 is 25.3 Å². The summed E-state index contributed by atoms with van der Waals surface area (Å²) < 4.78 is 6.85. The first kappa shape index (κ1) is 35.4. The highest BCUT2D eigenvalue weighted by Gasteiger charge is 2.34. The van der Waals surface area contributed by atoms with Gasteiger partial charge in [0, 0.05) is 28.6 Å². The van der Waals surface area contributed by atoms with Crippen LogP contribution in [0.4, 0.5) is 11.4 Å². The van der Waals surface area contributed by atoms with Gasteiger partial charge in [0.25, 0.3) is 0 Å². The summed E-state index contributed by atoms with van der Waals surface area (Å²) in [7, 11) is 0.587. The predicted octanol–water partition coefficient (Wildman–Crippen LogP) is 12.3. The lowest BCUT2D eigenvalue weighted by molar-refractivity contribution is 0.296. The summed E-state index contributed by atoms with van der Waals surface area (Å²) in [6, 6.07) is 43.9. The summed E-state index contributed by atoms with van der Waals surface area (Å²) in [6.45, 7) is 17.7. The van der Waals surface area contributed by atoms with E-state index in [2.05, 4.69) is 175 Å². The summed E-state index contributed by atoms with van der Waals surface area (Å²) in [5.41, 5.74) is 10.3. The molecule has 2 atom stereocenters. The Balaban J connectivity index is 1.62. The van der Waals surface area contributed by atoms with Gasteiger partial charge >= 0.3 is 0 Å². The largest absolute Gasteiger partial charge is 0.488 e. The third kappa shape index (κ3) is 8.77. The maximum absolute atomic E-state index is 6.85. The molecule has 0 aliphatic heterocycles. The van der Waals surface area contributed by atoms with E-state index < -0.39 is 0 Å². The molecule has 0 bridgehead atoms. The van der Waals surface area contributed by atoms with Gasteiger partial charge in [0.2, 0.25) is 0 Å². The molecule has 0 radical (unpaired) electrons. The molecule has 0 heterocycles. The van der Waals surface area contributed by atoms with Crippen molar-refractivity contribution in [2.75, 3.05) is 4.90 Å². The number of hydrogen-bond acceptors (Lipinski definition) is 2. The van der Waals surface area contributed by atoms with E-state index in [-0.39, 0.29) is 10.6 Å². The van der Waals surface area contributed by atoms with Crippen LogP contribution in [0.1, 0.15) is 93.7 Å². The van der Waals surface area contributed by atoms with Crippen molar-refractivity contribution in [3.05, 3.63) is 155 Å². The Kier molecular flexibility index (Phi) is 11.8. The Morgan fingerprint density at radius 3 is 1.85 bits per heavy atom. The molecule has 5 rings (SSSR count). The Morgan fingerprint density at radius 1 is 0.667 bits per heavy atom. The van der Waals surface area contributed by atoms with Crippen molar-refractivity contribution in [3.63, 3.8) is 0 Å². The zero-order chi connectivity index (χ0) is 34.1. The number of benzene rings is 5. The molecule has 2 nitrogen and oxygen atoms in total. The van der Waals surface area contributed by atoms with E-state index >= 15 is 0 Å². The van der Waals surface area contributed by atoms with Crippen LogP contribution in [0.15, 0.2) is 121 Å². The first-order chi connectivity index (χ1) is 23.1. The molecule has 5 aromatic carbocycles. The molecule has 48 heavy (non-hydrogen) atoms. The van der Waals surface area contributed by atoms with Gasteiger partial charge in [0.15, 0.2) is 0 Å². The van der Waals surface area contributed by atoms with E-state index in [1.165, 1.54) is 69.3 Å². The Labute approximate surface area is 292 Å². The molecular formula is C45H54NOP. The zero-order valence-electron chi connectivity index (χ0n) is 30.1. The molecule has 2 unspecified atom stereocenters. The molecule has 0 saturated heterocycles. The van der Waals surface area contributed by atoms with Crippen LogP contribution in [0.3, 0.4) is 0 Å². The van der Waals surface area contributed by atoms with E-state index in [1.807, 2.05) is 0 Å². The standard InChI is InChI=1S/C45H54NOP/c1-8-9-19-29-45(7,41-31-38(44(4,5)6)30-35(3)42(41)47-33-36-22-13-10-14-23-36)48-43-34(2)21-20-24-37(43)32-46(39-25-15-11-16-26-39)40-27-17-12-18-28-40/h10-18,20-28,30-31,48H,8-9,19,29,32-33H2,1-7H3. The van der Waals surface area contributed by atoms with Gasteiger partial charge in [-0.05, 0) is 83.1 Å². The maximum Gasteiger partial charge on any atom is 0.126 e. The first-order valence-corrected chi connectivity index (χ1v) is 18.7. The second-order valence-corrected chi connectivity index (χ2v) is 16.3. The fourth-order valence-electron chi connectivity index (χ4n) is 6.56. The molecule has 250 valence electrons. The molecule has 0 aliphatic rings. The maximum atomic E-state index is 6.85. The third-order valence-electron chi connectivity index (χ3n) is 9.47. The van der Waals surface area contributed by atoms with Gasteiger partial charge in [-0.3, -0.25) is 0 Å². The number of nitrogens with zero attached hydrogens (tertiary/aromatic N) is 1. The molecule has 0 aromatic heterocycles. The number of para-hydroxylation sites is 2. The lowest BCUT2D eigenvalue weighted by Gasteiger charge is -2.36. The van der Waals surface area contributed by atoms with Gasteiger partial charge < -0.3 is 9.64 Å². The summed E-state index contributed by atoms with van der Waals surface area (Å²) in [4.78, 5) is 2.45. The van der Waals surface area contributed by atoms with Crippen LogP contribution < -0.4 is 14.9 Å². The van der Waals surface area contributed by atoms with E-state index in [1.54, 1.807) is 0 Å². The Morgan fingerprint density at radius 2 is 1.27 bits per heavy atom. The van der Waals surface area contributed by atoms with Crippen LogP contribution in [-0.2, 0) is 23.7 Å². The summed E-state index contributed by atoms with van der Waals surface area (Å²) in [6.07, 6.45) is 4.74. The molecule has 3 heteroatoms. The Hall–Kier alpha value is -3.87. The Bertz CT molecular complexity index is 1700. The smallest absolute Gasteiger partial charge is 0.126 e. The van der Waals surface area contributed by atoms with Crippen molar-refractivity contribution in [1.82, 2.24) is 0 Å². The average molecular weight is 656 g/mol. The molecular weight excluding hydrogens is 601 g/mol. The van der Waals surface area contributed by atoms with Crippen molar-refractivity contribution in [3.8, 4) is 5.75 Å². The van der Waals surface area contributed by atoms with E-state index in [4.69, 9.17) is 4.74 Å². The van der Waals surface area contributed by atoms with Gasteiger partial charge in [-0.1, -0.05) is 160 Å². The van der Waals surface area contributed by atoms with Gasteiger partial charge in [0.05, 0.1) is 0 Å². The second kappa shape index (κ2) is 16.0. The van der Waals surface area contributed by atoms with E-state index in [9.17, 15) is 0 Å². The minimum Gasteiger partial charge on any atom is -0.488 e. The molecule has 0 fully saturated rings. The predicted molar refractivity (Wildman–Crippen MR) is 210 cm³/mol. The van der Waals surface area contributed by atoms with Crippen LogP contribution in [0.5, 0.6) is 5.75 Å². The number of anilines is 2. The number of aryl methyl sites for hydroxylation is 2. The van der Waals surface area contributed by atoms with Crippen LogP contribution in [0.25, 0.3) is 0 Å². The lowest BCUT2D eigenvalue weighted by atomic mass is 9.82. The third-order valence-corrected chi connectivity index (χ3v) is 11.5. The monoisotopic (exact) mass is 655 g/mol. The highest BCUT2D eigenvalue weighted by atomic mass is 31.1. The van der Waals surface area contributed by atoms with Crippen molar-refractivity contribution in [2.24, 2.45) is 0 Å². The number of rotatable bonds is 14. The summed E-state index contributed by atoms with van der Waals surface area (Å²) in [5, 5.41) is 1.37. The first-order valence-electron chi connectivity index (χ1n) is 17.7. The van der Waals surface area contributed by atoms with E-state index in [0.29, 0.717) is 15.2 Å². The topological polar surface area (TPSA) is 12.5 Å². The number of ether oxygens (including phenoxy) is 1. The van der Waals surface area contributed by atoms with Gasteiger partial charge in [0.1, 0.15) is 12.4 Å². The minimum atomic E-state index is -0.0988. The normalized spacial score (nSPS) is 13.1. The highest BCUT2D eigenvalue weighted by molar-refractivity contribution is 7.48. The van der Waals surface area contributed by atoms with Crippen LogP contribution in [0.2, 0.25) is 0 Å². The van der Waals surface area contributed by atoms with Crippen LogP contribution >= 0.6 is 8.58 Å². The van der Waals surface area contributed by atoms with Crippen molar-refractivity contribution in [1.29, 1.82) is 0 Å². The fourth-order valence-corrected chi connectivity index (χ4v) is 8.34. The van der Waals surface area contributed by atoms with Crippen molar-refractivity contribution in [2.45, 2.75) is 97.9 Å².